The summed E-state index contributed by atoms with van der Waals surface area (Å²) in [5.41, 5.74) is 3.78. The largest absolute Gasteiger partial charge is 0.390 e. The molecular weight excluding hydrogens is 521 g/mol. The van der Waals surface area contributed by atoms with Gasteiger partial charge in [-0.3, -0.25) is 0 Å². The molecule has 194 valence electrons. The average Bonchev–Trinajstić information content (AvgIpc) is 3.61. The van der Waals surface area contributed by atoms with Crippen molar-refractivity contribution in [3.63, 3.8) is 0 Å². The van der Waals surface area contributed by atoms with Gasteiger partial charge in [0.2, 0.25) is 0 Å². The van der Waals surface area contributed by atoms with Crippen LogP contribution in [0.3, 0.4) is 0 Å². The van der Waals surface area contributed by atoms with Gasteiger partial charge in [-0.05, 0) is 66.7 Å². The highest BCUT2D eigenvalue weighted by Crippen LogP contribution is 2.51. The molecule has 1 unspecified atom stereocenters. The number of oxime groups is 1. The van der Waals surface area contributed by atoms with E-state index in [1.54, 1.807) is 6.08 Å². The molecule has 38 heavy (non-hydrogen) atoms. The fourth-order valence-electron chi connectivity index (χ4n) is 5.74. The first-order chi connectivity index (χ1) is 18.5. The summed E-state index contributed by atoms with van der Waals surface area (Å²) in [6, 6.07) is 4.23. The van der Waals surface area contributed by atoms with Crippen molar-refractivity contribution >= 4 is 45.3 Å². The van der Waals surface area contributed by atoms with Gasteiger partial charge in [0.15, 0.2) is 5.84 Å². The number of aryl methyl sites for hydroxylation is 1. The molecule has 7 nitrogen and oxygen atoms in total. The first-order valence-electron chi connectivity index (χ1n) is 12.6. The molecule has 1 atom stereocenters. The number of imidazole rings is 1. The third kappa shape index (κ3) is 3.69. The number of nitrogens with zero attached hydrogens (tertiary/aromatic N) is 5. The number of rotatable bonds is 4. The number of aromatic nitrogens is 3. The number of piperidine rings is 1. The number of halogens is 1. The molecule has 1 N–H and O–H groups in total. The van der Waals surface area contributed by atoms with Gasteiger partial charge in [-0.15, -0.1) is 0 Å². The molecule has 3 aromatic rings. The molecule has 3 aliphatic heterocycles. The number of allylic oxidation sites excluding steroid dienone is 4. The normalized spacial score (nSPS) is 25.1. The summed E-state index contributed by atoms with van der Waals surface area (Å²) in [6.45, 7) is 2.42. The first-order valence-corrected chi connectivity index (χ1v) is 14.5. The Labute approximate surface area is 227 Å². The predicted molar refractivity (Wildman–Crippen MR) is 150 cm³/mol. The second-order valence-corrected chi connectivity index (χ2v) is 12.1. The molecule has 10 heteroatoms. The molecule has 1 aliphatic carbocycles. The lowest BCUT2D eigenvalue weighted by Crippen LogP contribution is -2.61. The second kappa shape index (κ2) is 8.93. The number of aliphatic hydroxyl groups excluding tert-OH is 1. The van der Waals surface area contributed by atoms with Crippen LogP contribution in [0.25, 0.3) is 21.8 Å². The van der Waals surface area contributed by atoms with E-state index in [1.165, 1.54) is 23.7 Å². The lowest BCUT2D eigenvalue weighted by Gasteiger charge is -2.51. The number of hydrogen-bond acceptors (Lipinski definition) is 8. The summed E-state index contributed by atoms with van der Waals surface area (Å²) < 4.78 is 21.6. The van der Waals surface area contributed by atoms with Crippen molar-refractivity contribution in [2.75, 3.05) is 24.7 Å². The maximum atomic E-state index is 14.0. The van der Waals surface area contributed by atoms with Crippen molar-refractivity contribution in [1.82, 2.24) is 18.8 Å². The Bertz CT molecular complexity index is 1600. The van der Waals surface area contributed by atoms with Crippen molar-refractivity contribution in [2.24, 2.45) is 10.6 Å². The Balaban J connectivity index is 1.31. The van der Waals surface area contributed by atoms with Crippen LogP contribution >= 0.6 is 23.3 Å². The van der Waals surface area contributed by atoms with E-state index in [0.29, 0.717) is 6.42 Å². The topological polar surface area (TPSA) is 75.8 Å². The zero-order valence-corrected chi connectivity index (χ0v) is 22.4. The second-order valence-electron chi connectivity index (χ2n) is 10.4. The molecule has 0 bridgehead atoms. The van der Waals surface area contributed by atoms with Gasteiger partial charge in [-0.25, -0.2) is 9.37 Å². The van der Waals surface area contributed by atoms with Gasteiger partial charge >= 0.3 is 0 Å². The molecule has 2 fully saturated rings. The van der Waals surface area contributed by atoms with Gasteiger partial charge in [0, 0.05) is 46.8 Å². The van der Waals surface area contributed by atoms with E-state index in [0.717, 1.165) is 68.5 Å². The van der Waals surface area contributed by atoms with E-state index < -0.39 is 5.72 Å². The molecule has 0 radical (unpaired) electrons. The fourth-order valence-corrected chi connectivity index (χ4v) is 7.71. The maximum Gasteiger partial charge on any atom is 0.260 e. The number of fused-ring (bicyclic) bond motifs is 2. The van der Waals surface area contributed by atoms with Crippen LogP contribution in [0.2, 0.25) is 0 Å². The smallest absolute Gasteiger partial charge is 0.260 e. The van der Waals surface area contributed by atoms with E-state index in [9.17, 15) is 9.50 Å². The zero-order valence-electron chi connectivity index (χ0n) is 20.8. The van der Waals surface area contributed by atoms with Crippen LogP contribution in [0.4, 0.5) is 4.39 Å². The van der Waals surface area contributed by atoms with Crippen LogP contribution in [0.1, 0.15) is 24.1 Å². The Morgan fingerprint density at radius 3 is 2.89 bits per heavy atom. The Kier molecular flexibility index (Phi) is 5.61. The minimum absolute atomic E-state index is 0.0719. The van der Waals surface area contributed by atoms with Crippen LogP contribution in [-0.4, -0.2) is 60.1 Å². The van der Waals surface area contributed by atoms with Gasteiger partial charge in [0.1, 0.15) is 12.4 Å². The third-order valence-corrected chi connectivity index (χ3v) is 10.2. The fraction of sp³-hybridized carbons (Fsp3) is 0.321. The Morgan fingerprint density at radius 2 is 2.13 bits per heavy atom. The summed E-state index contributed by atoms with van der Waals surface area (Å²) in [6.07, 6.45) is 15.8. The highest BCUT2D eigenvalue weighted by Gasteiger charge is 2.56. The zero-order chi connectivity index (χ0) is 25.9. The van der Waals surface area contributed by atoms with Gasteiger partial charge in [-0.2, -0.15) is 16.1 Å². The minimum Gasteiger partial charge on any atom is -0.390 e. The van der Waals surface area contributed by atoms with E-state index >= 15 is 0 Å². The molecule has 2 saturated heterocycles. The summed E-state index contributed by atoms with van der Waals surface area (Å²) in [5, 5.41) is 16.3. The quantitative estimate of drug-likeness (QED) is 0.473. The van der Waals surface area contributed by atoms with Crippen LogP contribution in [0.5, 0.6) is 0 Å². The number of benzene rings is 1. The summed E-state index contributed by atoms with van der Waals surface area (Å²) in [5.74, 6) is 2.51. The monoisotopic (exact) mass is 547 g/mol. The number of aliphatic hydroxyl groups is 1. The summed E-state index contributed by atoms with van der Waals surface area (Å²) in [4.78, 5) is 12.6. The van der Waals surface area contributed by atoms with Gasteiger partial charge < -0.3 is 19.4 Å². The maximum absolute atomic E-state index is 14.0. The van der Waals surface area contributed by atoms with E-state index in [1.807, 2.05) is 48.0 Å². The molecule has 7 rings (SSSR count). The molecule has 0 amide bonds. The molecule has 2 aromatic heterocycles. The molecule has 0 saturated carbocycles. The Hall–Kier alpha value is -3.21. The predicted octanol–water partition coefficient (Wildman–Crippen LogP) is 5.38. The third-order valence-electron chi connectivity index (χ3n) is 7.73. The van der Waals surface area contributed by atoms with Crippen molar-refractivity contribution < 1.29 is 14.3 Å². The molecule has 1 aromatic carbocycles. The van der Waals surface area contributed by atoms with E-state index in [-0.39, 0.29) is 17.8 Å². The standard InChI is InChI=1S/C28H26FN5O2S2/c1-18-12-33(17-30-18)24-8-5-19(23-11-31-38-25(23)24)9-20-10-27(15-37-16-27)13-34-26(20)32-36-28(34,14-35)21-3-2-4-22(29)7-6-21/h3-9,11-12,17,35H,2,10,13-16H2,1H3/b20-9+. The van der Waals surface area contributed by atoms with Gasteiger partial charge in [0.05, 0.1) is 22.4 Å². The minimum atomic E-state index is -1.17. The summed E-state index contributed by atoms with van der Waals surface area (Å²) >= 11 is 3.41. The Morgan fingerprint density at radius 1 is 1.24 bits per heavy atom. The number of hydrogen-bond donors (Lipinski definition) is 1. The molecule has 5 heterocycles. The SMILES string of the molecule is Cc1cn(-c2ccc(/C=C3\CC4(CSC4)CN4C3=NOC4(CO)C3=CCC=C(F)C=C3)c3cnsc23)cn1. The van der Waals surface area contributed by atoms with Crippen molar-refractivity contribution in [3.8, 4) is 5.69 Å². The molecule has 1 spiro atoms. The lowest BCUT2D eigenvalue weighted by atomic mass is 9.77. The van der Waals surface area contributed by atoms with Crippen molar-refractivity contribution in [2.45, 2.75) is 25.5 Å². The van der Waals surface area contributed by atoms with Crippen LogP contribution < -0.4 is 0 Å². The average molecular weight is 548 g/mol. The highest BCUT2D eigenvalue weighted by atomic mass is 32.2. The highest BCUT2D eigenvalue weighted by molar-refractivity contribution is 8.00. The van der Waals surface area contributed by atoms with E-state index in [4.69, 9.17) is 4.84 Å². The number of thioether (sulfide) groups is 1. The molecular formula is C28H26FN5O2S2. The van der Waals surface area contributed by atoms with Gasteiger partial charge in [-0.1, -0.05) is 23.4 Å². The summed E-state index contributed by atoms with van der Waals surface area (Å²) in [7, 11) is 0. The van der Waals surface area contributed by atoms with Gasteiger partial charge in [0.25, 0.3) is 5.72 Å². The van der Waals surface area contributed by atoms with E-state index in [2.05, 4.69) is 37.6 Å². The molecule has 4 aliphatic rings. The van der Waals surface area contributed by atoms with Crippen LogP contribution in [0, 0.1) is 12.3 Å². The van der Waals surface area contributed by atoms with Crippen molar-refractivity contribution in [1.29, 1.82) is 0 Å². The number of amidine groups is 1. The van der Waals surface area contributed by atoms with Crippen molar-refractivity contribution in [3.05, 3.63) is 83.4 Å². The van der Waals surface area contributed by atoms with Crippen LogP contribution in [0.15, 0.2) is 77.3 Å². The lowest BCUT2D eigenvalue weighted by molar-refractivity contribution is -0.107. The van der Waals surface area contributed by atoms with Crippen LogP contribution in [-0.2, 0) is 4.84 Å². The first kappa shape index (κ1) is 23.9.